The standard InChI is InChI=1S/C20H17F3N4O4S/c1-26-19(31-32(29,30)20(21,22)23)14-10-13-5-7-16(17(14)25-26)27(13)18(28)12-4-6-15-11(9-12)3-2-8-24-15/h2-4,6,8-9,13,16H,5,7,10H2,1H3/t13-,16+/m1/s1. The Kier molecular flexibility index (Phi) is 4.49. The van der Waals surface area contributed by atoms with Crippen molar-refractivity contribution in [1.29, 1.82) is 0 Å². The summed E-state index contributed by atoms with van der Waals surface area (Å²) >= 11 is 0. The summed E-state index contributed by atoms with van der Waals surface area (Å²) < 4.78 is 67.0. The molecule has 0 unspecified atom stereocenters. The molecule has 1 aromatic carbocycles. The summed E-state index contributed by atoms with van der Waals surface area (Å²) in [6.45, 7) is 0. The van der Waals surface area contributed by atoms with Crippen LogP contribution in [-0.2, 0) is 23.6 Å². The number of rotatable bonds is 3. The van der Waals surface area contributed by atoms with Crippen LogP contribution in [0.2, 0.25) is 0 Å². The minimum Gasteiger partial charge on any atom is -0.355 e. The molecule has 32 heavy (non-hydrogen) atoms. The van der Waals surface area contributed by atoms with Gasteiger partial charge in [-0.2, -0.15) is 26.7 Å². The minimum atomic E-state index is -5.83. The number of hydrogen-bond donors (Lipinski definition) is 0. The third-order valence-corrected chi connectivity index (χ3v) is 6.88. The van der Waals surface area contributed by atoms with Crippen molar-refractivity contribution in [3.05, 3.63) is 53.3 Å². The minimum absolute atomic E-state index is 0.156. The second-order valence-corrected chi connectivity index (χ2v) is 9.39. The van der Waals surface area contributed by atoms with Crippen LogP contribution in [0, 0.1) is 0 Å². The average Bonchev–Trinajstić information content (AvgIpc) is 3.23. The zero-order valence-electron chi connectivity index (χ0n) is 16.7. The molecule has 1 saturated heterocycles. The molecule has 2 aliphatic rings. The first-order valence-corrected chi connectivity index (χ1v) is 11.2. The van der Waals surface area contributed by atoms with Crippen molar-refractivity contribution in [1.82, 2.24) is 19.7 Å². The Morgan fingerprint density at radius 3 is 2.75 bits per heavy atom. The lowest BCUT2D eigenvalue weighted by Crippen LogP contribution is -2.42. The zero-order valence-corrected chi connectivity index (χ0v) is 17.5. The van der Waals surface area contributed by atoms with E-state index in [1.165, 1.54) is 7.05 Å². The van der Waals surface area contributed by atoms with Crippen LogP contribution in [0.3, 0.4) is 0 Å². The number of aromatic nitrogens is 3. The maximum absolute atomic E-state index is 13.4. The van der Waals surface area contributed by atoms with Crippen molar-refractivity contribution >= 4 is 26.9 Å². The maximum Gasteiger partial charge on any atom is 0.534 e. The molecule has 4 heterocycles. The maximum atomic E-state index is 13.4. The van der Waals surface area contributed by atoms with Crippen LogP contribution in [0.25, 0.3) is 10.9 Å². The number of benzene rings is 1. The Morgan fingerprint density at radius 1 is 1.22 bits per heavy atom. The molecule has 0 saturated carbocycles. The van der Waals surface area contributed by atoms with Gasteiger partial charge in [-0.25, -0.2) is 4.68 Å². The van der Waals surface area contributed by atoms with Crippen LogP contribution in [0.1, 0.15) is 40.5 Å². The lowest BCUT2D eigenvalue weighted by Gasteiger charge is -2.34. The van der Waals surface area contributed by atoms with Gasteiger partial charge in [0.25, 0.3) is 5.91 Å². The van der Waals surface area contributed by atoms with E-state index in [4.69, 9.17) is 0 Å². The number of carbonyl (C=O) groups excluding carboxylic acids is 1. The van der Waals surface area contributed by atoms with Gasteiger partial charge < -0.3 is 9.08 Å². The van der Waals surface area contributed by atoms with E-state index in [0.717, 1.165) is 15.6 Å². The van der Waals surface area contributed by atoms with Gasteiger partial charge >= 0.3 is 15.6 Å². The molecule has 2 aromatic heterocycles. The number of aryl methyl sites for hydroxylation is 1. The highest BCUT2D eigenvalue weighted by Gasteiger charge is 2.51. The molecule has 3 aromatic rings. The molecule has 2 atom stereocenters. The fourth-order valence-electron chi connectivity index (χ4n) is 4.54. The molecule has 5 rings (SSSR count). The Bertz CT molecular complexity index is 1350. The number of pyridine rings is 1. The SMILES string of the molecule is Cn1nc2c(c1OS(=O)(=O)C(F)(F)F)C[C@H]1CC[C@@H]2N1C(=O)c1ccc2ncccc2c1. The lowest BCUT2D eigenvalue weighted by atomic mass is 9.98. The van der Waals surface area contributed by atoms with Gasteiger partial charge in [0.1, 0.15) is 0 Å². The Morgan fingerprint density at radius 2 is 2.00 bits per heavy atom. The number of alkyl halides is 3. The van der Waals surface area contributed by atoms with Gasteiger partial charge in [-0.1, -0.05) is 6.07 Å². The fourth-order valence-corrected chi connectivity index (χ4v) is 5.05. The van der Waals surface area contributed by atoms with Crippen molar-refractivity contribution in [3.8, 4) is 5.88 Å². The molecule has 2 aliphatic heterocycles. The van der Waals surface area contributed by atoms with E-state index in [9.17, 15) is 26.4 Å². The number of nitrogens with zero attached hydrogens (tertiary/aromatic N) is 4. The van der Waals surface area contributed by atoms with Crippen molar-refractivity contribution in [2.45, 2.75) is 36.9 Å². The quantitative estimate of drug-likeness (QED) is 0.435. The molecule has 0 aliphatic carbocycles. The van der Waals surface area contributed by atoms with Crippen LogP contribution >= 0.6 is 0 Å². The summed E-state index contributed by atoms with van der Waals surface area (Å²) in [4.78, 5) is 19.3. The molecule has 0 spiro atoms. The summed E-state index contributed by atoms with van der Waals surface area (Å²) in [5.74, 6) is -0.678. The van der Waals surface area contributed by atoms with Gasteiger partial charge in [0, 0.05) is 42.2 Å². The second-order valence-electron chi connectivity index (χ2n) is 7.85. The first kappa shape index (κ1) is 20.7. The van der Waals surface area contributed by atoms with E-state index in [1.54, 1.807) is 35.4 Å². The Balaban J connectivity index is 1.50. The normalized spacial score (nSPS) is 20.4. The summed E-state index contributed by atoms with van der Waals surface area (Å²) in [6.07, 6.45) is 3.01. The topological polar surface area (TPSA) is 94.4 Å². The molecule has 2 bridgehead atoms. The summed E-state index contributed by atoms with van der Waals surface area (Å²) in [5, 5.41) is 5.04. The largest absolute Gasteiger partial charge is 0.534 e. The number of halogens is 3. The van der Waals surface area contributed by atoms with Gasteiger partial charge in [-0.15, -0.1) is 0 Å². The predicted octanol–water partition coefficient (Wildman–Crippen LogP) is 3.10. The average molecular weight is 466 g/mol. The molecule has 12 heteroatoms. The Labute approximate surface area is 180 Å². The van der Waals surface area contributed by atoms with Crippen LogP contribution in [0.15, 0.2) is 36.5 Å². The number of fused-ring (bicyclic) bond motifs is 5. The first-order chi connectivity index (χ1) is 15.1. The van der Waals surface area contributed by atoms with Crippen molar-refractivity contribution in [2.75, 3.05) is 0 Å². The van der Waals surface area contributed by atoms with Crippen LogP contribution in [0.5, 0.6) is 5.88 Å². The summed E-state index contributed by atoms with van der Waals surface area (Å²) in [5.41, 5.74) is -3.67. The van der Waals surface area contributed by atoms with Gasteiger partial charge in [-0.3, -0.25) is 9.78 Å². The van der Waals surface area contributed by atoms with Crippen LogP contribution in [0.4, 0.5) is 13.2 Å². The molecular weight excluding hydrogens is 449 g/mol. The highest BCUT2D eigenvalue weighted by Crippen LogP contribution is 2.47. The monoisotopic (exact) mass is 466 g/mol. The van der Waals surface area contributed by atoms with Gasteiger partial charge in [0.2, 0.25) is 5.88 Å². The van der Waals surface area contributed by atoms with Gasteiger partial charge in [0.05, 0.1) is 17.3 Å². The lowest BCUT2D eigenvalue weighted by molar-refractivity contribution is -0.0502. The number of amides is 1. The predicted molar refractivity (Wildman–Crippen MR) is 106 cm³/mol. The molecule has 1 fully saturated rings. The van der Waals surface area contributed by atoms with Crippen molar-refractivity contribution in [3.63, 3.8) is 0 Å². The third kappa shape index (κ3) is 3.12. The summed E-state index contributed by atoms with van der Waals surface area (Å²) in [7, 11) is -4.52. The van der Waals surface area contributed by atoms with E-state index >= 15 is 0 Å². The van der Waals surface area contributed by atoms with E-state index in [1.807, 2.05) is 6.07 Å². The van der Waals surface area contributed by atoms with Crippen molar-refractivity contribution < 1.29 is 30.6 Å². The highest BCUT2D eigenvalue weighted by atomic mass is 32.2. The molecule has 1 amide bonds. The molecule has 0 N–H and O–H groups in total. The molecule has 168 valence electrons. The third-order valence-electron chi connectivity index (χ3n) is 5.93. The van der Waals surface area contributed by atoms with E-state index in [-0.39, 0.29) is 18.4 Å². The zero-order chi connectivity index (χ0) is 22.8. The first-order valence-electron chi connectivity index (χ1n) is 9.81. The molecule has 8 nitrogen and oxygen atoms in total. The number of carbonyl (C=O) groups is 1. The number of hydrogen-bond acceptors (Lipinski definition) is 6. The van der Waals surface area contributed by atoms with E-state index in [2.05, 4.69) is 14.3 Å². The second kappa shape index (κ2) is 6.92. The van der Waals surface area contributed by atoms with Crippen LogP contribution < -0.4 is 4.18 Å². The highest BCUT2D eigenvalue weighted by molar-refractivity contribution is 7.87. The smallest absolute Gasteiger partial charge is 0.355 e. The fraction of sp³-hybridized carbons (Fsp3) is 0.350. The van der Waals surface area contributed by atoms with Gasteiger partial charge in [0.15, 0.2) is 0 Å². The van der Waals surface area contributed by atoms with Gasteiger partial charge in [-0.05, 0) is 37.1 Å². The van der Waals surface area contributed by atoms with E-state index < -0.39 is 27.5 Å². The van der Waals surface area contributed by atoms with Crippen LogP contribution in [-0.4, -0.2) is 45.5 Å². The summed E-state index contributed by atoms with van der Waals surface area (Å²) in [6, 6.07) is 8.05. The van der Waals surface area contributed by atoms with E-state index in [0.29, 0.717) is 29.7 Å². The molecule has 0 radical (unpaired) electrons. The Hall–Kier alpha value is -3.15. The molecular formula is C20H17F3N4O4S. The van der Waals surface area contributed by atoms with Crippen molar-refractivity contribution in [2.24, 2.45) is 7.05 Å².